The van der Waals surface area contributed by atoms with Gasteiger partial charge in [-0.05, 0) is 44.2 Å². The van der Waals surface area contributed by atoms with Crippen LogP contribution in [0.3, 0.4) is 0 Å². The lowest BCUT2D eigenvalue weighted by atomic mass is 10.2. The Morgan fingerprint density at radius 3 is 2.38 bits per heavy atom. The molecule has 0 fully saturated rings. The molecule has 2 N–H and O–H groups in total. The number of nitrogens with one attached hydrogen (secondary N) is 2. The Labute approximate surface area is 151 Å². The van der Waals surface area contributed by atoms with Crippen LogP contribution in [-0.2, 0) is 9.53 Å². The maximum absolute atomic E-state index is 12.2. The number of hydrogen-bond donors (Lipinski definition) is 2. The number of esters is 1. The molecule has 136 valence electrons. The van der Waals surface area contributed by atoms with Crippen molar-refractivity contribution in [2.45, 2.75) is 20.0 Å². The zero-order chi connectivity index (χ0) is 18.9. The maximum Gasteiger partial charge on any atom is 0.339 e. The number of benzene rings is 2. The first-order chi connectivity index (χ1) is 12.5. The Kier molecular flexibility index (Phi) is 6.73. The van der Waals surface area contributed by atoms with E-state index in [1.54, 1.807) is 37.3 Å². The van der Waals surface area contributed by atoms with Crippen molar-refractivity contribution in [3.8, 4) is 11.5 Å². The summed E-state index contributed by atoms with van der Waals surface area (Å²) < 4.78 is 10.8. The molecule has 0 aliphatic rings. The SMILES string of the molecule is CCNC(=O)NC(=O)C(C)OC(=O)c1cccc(Oc2ccccc2)c1. The van der Waals surface area contributed by atoms with Gasteiger partial charge >= 0.3 is 12.0 Å². The van der Waals surface area contributed by atoms with Crippen molar-refractivity contribution in [2.24, 2.45) is 0 Å². The molecule has 0 saturated heterocycles. The molecule has 0 saturated carbocycles. The van der Waals surface area contributed by atoms with E-state index in [0.717, 1.165) is 0 Å². The Bertz CT molecular complexity index is 777. The van der Waals surface area contributed by atoms with E-state index in [-0.39, 0.29) is 5.56 Å². The summed E-state index contributed by atoms with van der Waals surface area (Å²) >= 11 is 0. The molecule has 2 aromatic carbocycles. The van der Waals surface area contributed by atoms with Crippen molar-refractivity contribution in [1.29, 1.82) is 0 Å². The van der Waals surface area contributed by atoms with Crippen LogP contribution in [-0.4, -0.2) is 30.6 Å². The van der Waals surface area contributed by atoms with E-state index in [2.05, 4.69) is 10.6 Å². The van der Waals surface area contributed by atoms with Crippen molar-refractivity contribution in [2.75, 3.05) is 6.54 Å². The second-order valence-electron chi connectivity index (χ2n) is 5.34. The van der Waals surface area contributed by atoms with Gasteiger partial charge in [0.25, 0.3) is 5.91 Å². The highest BCUT2D eigenvalue weighted by Gasteiger charge is 2.20. The molecule has 0 bridgehead atoms. The van der Waals surface area contributed by atoms with Crippen molar-refractivity contribution >= 4 is 17.9 Å². The molecule has 0 aliphatic heterocycles. The van der Waals surface area contributed by atoms with Crippen LogP contribution in [0.4, 0.5) is 4.79 Å². The molecule has 2 aromatic rings. The van der Waals surface area contributed by atoms with Gasteiger partial charge in [0, 0.05) is 6.54 Å². The second kappa shape index (κ2) is 9.22. The third-order valence-electron chi connectivity index (χ3n) is 3.28. The predicted molar refractivity (Wildman–Crippen MR) is 95.1 cm³/mol. The van der Waals surface area contributed by atoms with E-state index in [1.807, 2.05) is 18.2 Å². The number of carbonyl (C=O) groups is 3. The highest BCUT2D eigenvalue weighted by molar-refractivity contribution is 5.98. The first kappa shape index (κ1) is 19.0. The molecule has 26 heavy (non-hydrogen) atoms. The van der Waals surface area contributed by atoms with Gasteiger partial charge in [0.15, 0.2) is 6.10 Å². The van der Waals surface area contributed by atoms with E-state index >= 15 is 0 Å². The van der Waals surface area contributed by atoms with Gasteiger partial charge in [-0.15, -0.1) is 0 Å². The van der Waals surface area contributed by atoms with Gasteiger partial charge in [-0.2, -0.15) is 0 Å². The number of para-hydroxylation sites is 1. The van der Waals surface area contributed by atoms with E-state index in [1.165, 1.54) is 13.0 Å². The highest BCUT2D eigenvalue weighted by Crippen LogP contribution is 2.22. The van der Waals surface area contributed by atoms with Crippen molar-refractivity contribution in [3.05, 3.63) is 60.2 Å². The first-order valence-corrected chi connectivity index (χ1v) is 8.12. The van der Waals surface area contributed by atoms with Gasteiger partial charge in [-0.3, -0.25) is 10.1 Å². The molecule has 1 atom stereocenters. The summed E-state index contributed by atoms with van der Waals surface area (Å²) in [5.74, 6) is -0.305. The molecule has 2 rings (SSSR count). The fourth-order valence-corrected chi connectivity index (χ4v) is 2.01. The first-order valence-electron chi connectivity index (χ1n) is 8.12. The molecule has 0 radical (unpaired) electrons. The lowest BCUT2D eigenvalue weighted by molar-refractivity contribution is -0.127. The minimum atomic E-state index is -1.12. The van der Waals surface area contributed by atoms with Crippen molar-refractivity contribution in [1.82, 2.24) is 10.6 Å². The highest BCUT2D eigenvalue weighted by atomic mass is 16.5. The number of rotatable bonds is 6. The normalized spacial score (nSPS) is 11.2. The summed E-state index contributed by atoms with van der Waals surface area (Å²) in [5, 5.41) is 4.51. The molecule has 0 heterocycles. The molecular weight excluding hydrogens is 336 g/mol. The van der Waals surface area contributed by atoms with Crippen molar-refractivity contribution in [3.63, 3.8) is 0 Å². The largest absolute Gasteiger partial charge is 0.457 e. The lowest BCUT2D eigenvalue weighted by Gasteiger charge is -2.13. The van der Waals surface area contributed by atoms with Gasteiger partial charge < -0.3 is 14.8 Å². The van der Waals surface area contributed by atoms with Gasteiger partial charge in [0.05, 0.1) is 5.56 Å². The van der Waals surface area contributed by atoms with E-state index in [4.69, 9.17) is 9.47 Å². The van der Waals surface area contributed by atoms with Crippen LogP contribution in [0.1, 0.15) is 24.2 Å². The summed E-state index contributed by atoms with van der Waals surface area (Å²) in [6.45, 7) is 3.48. The topological polar surface area (TPSA) is 93.7 Å². The van der Waals surface area contributed by atoms with Crippen LogP contribution in [0.2, 0.25) is 0 Å². The molecule has 3 amide bonds. The average Bonchev–Trinajstić information content (AvgIpc) is 2.62. The summed E-state index contributed by atoms with van der Waals surface area (Å²) in [6, 6.07) is 14.9. The monoisotopic (exact) mass is 356 g/mol. The molecule has 0 aromatic heterocycles. The van der Waals surface area contributed by atoms with E-state index in [9.17, 15) is 14.4 Å². The number of urea groups is 1. The fraction of sp³-hybridized carbons (Fsp3) is 0.211. The lowest BCUT2D eigenvalue weighted by Crippen LogP contribution is -2.44. The van der Waals surface area contributed by atoms with Crippen LogP contribution in [0.5, 0.6) is 11.5 Å². The fourth-order valence-electron chi connectivity index (χ4n) is 2.01. The Hall–Kier alpha value is -3.35. The average molecular weight is 356 g/mol. The molecule has 1 unspecified atom stereocenters. The third kappa shape index (κ3) is 5.62. The van der Waals surface area contributed by atoms with Crippen LogP contribution >= 0.6 is 0 Å². The standard InChI is InChI=1S/C19H20N2O5/c1-3-20-19(24)21-17(22)13(2)25-18(23)14-8-7-11-16(12-14)26-15-9-5-4-6-10-15/h4-13H,3H2,1-2H3,(H2,20,21,22,24). The molecular formula is C19H20N2O5. The quantitative estimate of drug-likeness (QED) is 0.776. The van der Waals surface area contributed by atoms with Crippen LogP contribution in [0.25, 0.3) is 0 Å². The van der Waals surface area contributed by atoms with Gasteiger partial charge in [-0.1, -0.05) is 24.3 Å². The number of ether oxygens (including phenoxy) is 2. The summed E-state index contributed by atoms with van der Waals surface area (Å²) in [7, 11) is 0. The Morgan fingerprint density at radius 1 is 1.00 bits per heavy atom. The van der Waals surface area contributed by atoms with Crippen LogP contribution < -0.4 is 15.4 Å². The number of hydrogen-bond acceptors (Lipinski definition) is 5. The zero-order valence-electron chi connectivity index (χ0n) is 14.5. The van der Waals surface area contributed by atoms with E-state index in [0.29, 0.717) is 18.0 Å². The summed E-state index contributed by atoms with van der Waals surface area (Å²) in [5.41, 5.74) is 0.232. The van der Waals surface area contributed by atoms with E-state index < -0.39 is 24.0 Å². The van der Waals surface area contributed by atoms with Crippen LogP contribution in [0.15, 0.2) is 54.6 Å². The number of imide groups is 1. The van der Waals surface area contributed by atoms with Gasteiger partial charge in [0.2, 0.25) is 0 Å². The minimum Gasteiger partial charge on any atom is -0.457 e. The smallest absolute Gasteiger partial charge is 0.339 e. The summed E-state index contributed by atoms with van der Waals surface area (Å²) in [4.78, 5) is 35.4. The molecule has 0 aliphatic carbocycles. The third-order valence-corrected chi connectivity index (χ3v) is 3.28. The predicted octanol–water partition coefficient (Wildman–Crippen LogP) is 2.87. The second-order valence-corrected chi connectivity index (χ2v) is 5.34. The van der Waals surface area contributed by atoms with Crippen molar-refractivity contribution < 1.29 is 23.9 Å². The molecule has 0 spiro atoms. The summed E-state index contributed by atoms with van der Waals surface area (Å²) in [6.07, 6.45) is -1.12. The Balaban J connectivity index is 1.97. The number of carbonyl (C=O) groups excluding carboxylic acids is 3. The molecule has 7 heteroatoms. The Morgan fingerprint density at radius 2 is 1.69 bits per heavy atom. The van der Waals surface area contributed by atoms with Crippen LogP contribution in [0, 0.1) is 0 Å². The maximum atomic E-state index is 12.2. The molecule has 7 nitrogen and oxygen atoms in total. The zero-order valence-corrected chi connectivity index (χ0v) is 14.5. The van der Waals surface area contributed by atoms with Gasteiger partial charge in [0.1, 0.15) is 11.5 Å². The minimum absolute atomic E-state index is 0.232. The van der Waals surface area contributed by atoms with Gasteiger partial charge in [-0.25, -0.2) is 9.59 Å². The number of amides is 3.